The first-order chi connectivity index (χ1) is 11.8. The Bertz CT molecular complexity index is 738. The van der Waals surface area contributed by atoms with Crippen LogP contribution in [0.15, 0.2) is 53.1 Å². The van der Waals surface area contributed by atoms with E-state index in [1.165, 1.54) is 0 Å². The number of rotatable bonds is 5. The van der Waals surface area contributed by atoms with Gasteiger partial charge in [0, 0.05) is 30.6 Å². The van der Waals surface area contributed by atoms with Crippen molar-refractivity contribution in [3.8, 4) is 0 Å². The van der Waals surface area contributed by atoms with Gasteiger partial charge in [-0.25, -0.2) is 0 Å². The lowest BCUT2D eigenvalue weighted by Gasteiger charge is -2.39. The molecule has 2 N–H and O–H groups in total. The first-order valence-electron chi connectivity index (χ1n) is 8.64. The number of hydrogen-bond acceptors (Lipinski definition) is 4. The van der Waals surface area contributed by atoms with Crippen LogP contribution in [0, 0.1) is 0 Å². The molecular weight excluding hydrogens is 314 g/mol. The number of quaternary nitrogens is 1. The molecule has 3 heterocycles. The van der Waals surface area contributed by atoms with Gasteiger partial charge in [-0.05, 0) is 39.8 Å². The SMILES string of the molecule is CC1=C(C[N+]2(C(C)C)C=CC=N2)C(=O)NC(C)(Nc2ccncc2)C1. The van der Waals surface area contributed by atoms with E-state index in [9.17, 15) is 4.79 Å². The van der Waals surface area contributed by atoms with E-state index in [4.69, 9.17) is 0 Å². The van der Waals surface area contributed by atoms with Crippen molar-refractivity contribution in [2.45, 2.75) is 45.8 Å². The van der Waals surface area contributed by atoms with E-state index in [1.54, 1.807) is 12.4 Å². The Morgan fingerprint density at radius 2 is 2.08 bits per heavy atom. The monoisotopic (exact) mass is 340 g/mol. The van der Waals surface area contributed by atoms with E-state index < -0.39 is 5.66 Å². The molecule has 2 aliphatic heterocycles. The van der Waals surface area contributed by atoms with Crippen LogP contribution in [0.1, 0.15) is 34.1 Å². The van der Waals surface area contributed by atoms with Crippen LogP contribution in [0.25, 0.3) is 0 Å². The van der Waals surface area contributed by atoms with Crippen molar-refractivity contribution in [3.05, 3.63) is 47.9 Å². The molecule has 1 amide bonds. The normalized spacial score (nSPS) is 28.6. The summed E-state index contributed by atoms with van der Waals surface area (Å²) in [6.45, 7) is 8.87. The highest BCUT2D eigenvalue weighted by molar-refractivity contribution is 5.96. The van der Waals surface area contributed by atoms with E-state index >= 15 is 0 Å². The minimum absolute atomic E-state index is 0.0264. The van der Waals surface area contributed by atoms with Crippen LogP contribution >= 0.6 is 0 Å². The number of nitrogens with one attached hydrogen (secondary N) is 2. The Morgan fingerprint density at radius 1 is 1.36 bits per heavy atom. The van der Waals surface area contributed by atoms with Gasteiger partial charge in [0.1, 0.15) is 24.4 Å². The molecule has 2 atom stereocenters. The molecule has 0 spiro atoms. The highest BCUT2D eigenvalue weighted by atomic mass is 16.2. The summed E-state index contributed by atoms with van der Waals surface area (Å²) in [7, 11) is 0. The molecule has 3 rings (SSSR count). The van der Waals surface area contributed by atoms with Crippen LogP contribution in [0.2, 0.25) is 0 Å². The fourth-order valence-corrected chi connectivity index (χ4v) is 3.46. The summed E-state index contributed by atoms with van der Waals surface area (Å²) in [4.78, 5) is 16.9. The minimum atomic E-state index is -0.515. The Labute approximate surface area is 148 Å². The summed E-state index contributed by atoms with van der Waals surface area (Å²) >= 11 is 0. The quantitative estimate of drug-likeness (QED) is 0.810. The third-order valence-corrected chi connectivity index (χ3v) is 4.92. The number of carbonyl (C=O) groups is 1. The van der Waals surface area contributed by atoms with Gasteiger partial charge in [-0.3, -0.25) is 9.78 Å². The Hall–Kier alpha value is -2.47. The molecular formula is C19H26N5O+. The third kappa shape index (κ3) is 3.49. The largest absolute Gasteiger partial charge is 0.363 e. The topological polar surface area (TPSA) is 66.4 Å². The van der Waals surface area contributed by atoms with E-state index in [0.717, 1.165) is 23.3 Å². The summed E-state index contributed by atoms with van der Waals surface area (Å²) < 4.78 is 0.439. The number of nitrogens with zero attached hydrogens (tertiary/aromatic N) is 3. The molecule has 0 fully saturated rings. The predicted octanol–water partition coefficient (Wildman–Crippen LogP) is 2.78. The number of allylic oxidation sites excluding steroid dienone is 1. The van der Waals surface area contributed by atoms with Crippen molar-refractivity contribution < 1.29 is 9.39 Å². The average Bonchev–Trinajstić information content (AvgIpc) is 3.02. The highest BCUT2D eigenvalue weighted by Crippen LogP contribution is 2.30. The van der Waals surface area contributed by atoms with Crippen LogP contribution in [0.4, 0.5) is 5.69 Å². The van der Waals surface area contributed by atoms with E-state index in [2.05, 4.69) is 40.8 Å². The van der Waals surface area contributed by atoms with Gasteiger partial charge < -0.3 is 10.6 Å². The van der Waals surface area contributed by atoms with Gasteiger partial charge in [-0.15, -0.1) is 0 Å². The lowest BCUT2D eigenvalue weighted by atomic mass is 9.91. The van der Waals surface area contributed by atoms with E-state index in [0.29, 0.717) is 11.1 Å². The van der Waals surface area contributed by atoms with Crippen molar-refractivity contribution in [1.82, 2.24) is 10.3 Å². The second-order valence-corrected chi connectivity index (χ2v) is 7.33. The van der Waals surface area contributed by atoms with Crippen LogP contribution in [0.5, 0.6) is 0 Å². The standard InChI is InChI=1S/C19H25N5O/c1-14(2)24(11-5-8-21-24)13-17-15(3)12-19(4,23-18(17)25)22-16-6-9-20-10-7-16/h5-11,14H,12-13H2,1-4H3,(H-,20,22,23,25)/p+1. The molecule has 132 valence electrons. The molecule has 0 radical (unpaired) electrons. The summed E-state index contributed by atoms with van der Waals surface area (Å²) in [5.41, 5.74) is 2.35. The summed E-state index contributed by atoms with van der Waals surface area (Å²) in [6.07, 6.45) is 10.0. The first kappa shape index (κ1) is 17.4. The van der Waals surface area contributed by atoms with Gasteiger partial charge in [0.15, 0.2) is 0 Å². The van der Waals surface area contributed by atoms with Crippen molar-refractivity contribution in [1.29, 1.82) is 0 Å². The lowest BCUT2D eigenvalue weighted by molar-refractivity contribution is -0.899. The number of pyridine rings is 1. The number of aromatic nitrogens is 1. The van der Waals surface area contributed by atoms with Crippen LogP contribution in [-0.2, 0) is 4.79 Å². The molecule has 6 heteroatoms. The second-order valence-electron chi connectivity index (χ2n) is 7.33. The summed E-state index contributed by atoms with van der Waals surface area (Å²) in [6, 6.07) is 4.06. The molecule has 0 saturated carbocycles. The maximum absolute atomic E-state index is 12.9. The zero-order chi connectivity index (χ0) is 18.1. The lowest BCUT2D eigenvalue weighted by Crippen LogP contribution is -2.57. The van der Waals surface area contributed by atoms with Crippen LogP contribution < -0.4 is 10.6 Å². The van der Waals surface area contributed by atoms with Crippen molar-refractivity contribution >= 4 is 17.8 Å². The summed E-state index contributed by atoms with van der Waals surface area (Å²) in [5, 5.41) is 11.1. The van der Waals surface area contributed by atoms with Crippen LogP contribution in [-0.4, -0.2) is 39.9 Å². The first-order valence-corrected chi connectivity index (χ1v) is 8.64. The van der Waals surface area contributed by atoms with E-state index in [1.807, 2.05) is 38.3 Å². The molecule has 6 nitrogen and oxygen atoms in total. The molecule has 0 aromatic carbocycles. The molecule has 1 aromatic rings. The van der Waals surface area contributed by atoms with Gasteiger partial charge in [0.2, 0.25) is 0 Å². The Balaban J connectivity index is 1.82. The minimum Gasteiger partial charge on any atom is -0.363 e. The molecule has 0 aliphatic carbocycles. The fraction of sp³-hybridized carbons (Fsp3) is 0.421. The van der Waals surface area contributed by atoms with Crippen molar-refractivity contribution in [2.75, 3.05) is 11.9 Å². The molecule has 0 bridgehead atoms. The van der Waals surface area contributed by atoms with Gasteiger partial charge in [0.05, 0.1) is 11.8 Å². The molecule has 1 aromatic heterocycles. The van der Waals surface area contributed by atoms with Gasteiger partial charge in [-0.1, -0.05) is 10.7 Å². The molecule has 2 aliphatic rings. The maximum Gasteiger partial charge on any atom is 0.254 e. The van der Waals surface area contributed by atoms with Crippen molar-refractivity contribution in [3.63, 3.8) is 0 Å². The third-order valence-electron chi connectivity index (χ3n) is 4.92. The van der Waals surface area contributed by atoms with Gasteiger partial charge >= 0.3 is 0 Å². The van der Waals surface area contributed by atoms with Gasteiger partial charge in [-0.2, -0.15) is 4.59 Å². The van der Waals surface area contributed by atoms with Crippen LogP contribution in [0.3, 0.4) is 0 Å². The summed E-state index contributed by atoms with van der Waals surface area (Å²) in [5.74, 6) is -0.0264. The zero-order valence-corrected chi connectivity index (χ0v) is 15.3. The number of amides is 1. The fourth-order valence-electron chi connectivity index (χ4n) is 3.46. The number of hydrogen-bond donors (Lipinski definition) is 2. The number of anilines is 1. The molecule has 25 heavy (non-hydrogen) atoms. The Kier molecular flexibility index (Phi) is 4.47. The zero-order valence-electron chi connectivity index (χ0n) is 15.3. The van der Waals surface area contributed by atoms with E-state index in [-0.39, 0.29) is 11.9 Å². The van der Waals surface area contributed by atoms with Gasteiger partial charge in [0.25, 0.3) is 5.91 Å². The maximum atomic E-state index is 12.9. The second kappa shape index (κ2) is 6.44. The smallest absolute Gasteiger partial charge is 0.254 e. The average molecular weight is 340 g/mol. The Morgan fingerprint density at radius 3 is 2.64 bits per heavy atom. The number of carbonyl (C=O) groups excluding carboxylic acids is 1. The molecule has 2 unspecified atom stereocenters. The predicted molar refractivity (Wildman–Crippen MR) is 99.6 cm³/mol. The highest BCUT2D eigenvalue weighted by Gasteiger charge is 2.40. The van der Waals surface area contributed by atoms with Crippen molar-refractivity contribution in [2.24, 2.45) is 5.10 Å². The molecule has 0 saturated heterocycles.